The first-order valence-electron chi connectivity index (χ1n) is 9.54. The monoisotopic (exact) mass is 365 g/mol. The summed E-state index contributed by atoms with van der Waals surface area (Å²) in [5, 5.41) is 20.8. The van der Waals surface area contributed by atoms with Gasteiger partial charge in [-0.3, -0.25) is 5.32 Å². The van der Waals surface area contributed by atoms with Crippen molar-refractivity contribution in [1.29, 1.82) is 0 Å². The molecule has 26 heavy (non-hydrogen) atoms. The second-order valence-electron chi connectivity index (χ2n) is 6.48. The molecule has 0 fully saturated rings. The van der Waals surface area contributed by atoms with E-state index in [1.165, 1.54) is 63.1 Å². The number of hydrogen-bond acceptors (Lipinski definition) is 4. The molecule has 0 aliphatic carbocycles. The Bertz CT molecular complexity index is 559. The van der Waals surface area contributed by atoms with E-state index in [-0.39, 0.29) is 17.0 Å². The Morgan fingerprint density at radius 1 is 0.962 bits per heavy atom. The molecule has 146 valence electrons. The van der Waals surface area contributed by atoms with Crippen molar-refractivity contribution in [2.24, 2.45) is 0 Å². The highest BCUT2D eigenvalue weighted by Gasteiger charge is 2.11. The molecule has 0 unspecified atom stereocenters. The summed E-state index contributed by atoms with van der Waals surface area (Å²) < 4.78 is 5.09. The predicted molar refractivity (Wildman–Crippen MR) is 102 cm³/mol. The lowest BCUT2D eigenvalue weighted by molar-refractivity contribution is 0.0693. The van der Waals surface area contributed by atoms with E-state index in [0.29, 0.717) is 6.61 Å². The number of carbonyl (C=O) groups is 2. The summed E-state index contributed by atoms with van der Waals surface area (Å²) in [6.07, 6.45) is 11.5. The summed E-state index contributed by atoms with van der Waals surface area (Å²) in [5.41, 5.74) is 0.00534. The molecule has 0 atom stereocenters. The molecule has 0 heterocycles. The molecule has 0 spiro atoms. The van der Waals surface area contributed by atoms with Crippen LogP contribution < -0.4 is 5.32 Å². The number of aromatic carboxylic acids is 1. The van der Waals surface area contributed by atoms with E-state index < -0.39 is 12.1 Å². The van der Waals surface area contributed by atoms with Gasteiger partial charge in [0.1, 0.15) is 11.3 Å². The molecule has 0 aliphatic heterocycles. The van der Waals surface area contributed by atoms with Gasteiger partial charge in [0.15, 0.2) is 0 Å². The lowest BCUT2D eigenvalue weighted by atomic mass is 10.1. The fraction of sp³-hybridized carbons (Fsp3) is 0.600. The zero-order chi connectivity index (χ0) is 19.2. The summed E-state index contributed by atoms with van der Waals surface area (Å²) >= 11 is 0. The molecule has 0 bridgehead atoms. The highest BCUT2D eigenvalue weighted by atomic mass is 16.5. The van der Waals surface area contributed by atoms with E-state index >= 15 is 0 Å². The van der Waals surface area contributed by atoms with Gasteiger partial charge in [0.25, 0.3) is 0 Å². The van der Waals surface area contributed by atoms with Gasteiger partial charge in [0.05, 0.1) is 6.61 Å². The first-order chi connectivity index (χ1) is 12.5. The molecular formula is C20H31NO5. The van der Waals surface area contributed by atoms with E-state index in [4.69, 9.17) is 9.84 Å². The zero-order valence-corrected chi connectivity index (χ0v) is 15.6. The van der Waals surface area contributed by atoms with E-state index in [9.17, 15) is 14.7 Å². The number of aromatic hydroxyl groups is 1. The van der Waals surface area contributed by atoms with Crippen LogP contribution in [0.25, 0.3) is 0 Å². The van der Waals surface area contributed by atoms with Crippen LogP contribution in [-0.4, -0.2) is 28.9 Å². The van der Waals surface area contributed by atoms with Crippen LogP contribution in [0.15, 0.2) is 18.2 Å². The fourth-order valence-electron chi connectivity index (χ4n) is 2.69. The molecule has 0 aromatic heterocycles. The quantitative estimate of drug-likeness (QED) is 0.314. The average Bonchev–Trinajstić information content (AvgIpc) is 2.61. The molecule has 0 aliphatic rings. The number of rotatable bonds is 13. The Balaban J connectivity index is 2.09. The number of carboxylic acid groups (broad SMARTS) is 1. The van der Waals surface area contributed by atoms with Gasteiger partial charge in [-0.15, -0.1) is 0 Å². The molecular weight excluding hydrogens is 334 g/mol. The lowest BCUT2D eigenvalue weighted by Gasteiger charge is -2.08. The molecule has 0 saturated carbocycles. The van der Waals surface area contributed by atoms with E-state index in [1.54, 1.807) is 0 Å². The maximum atomic E-state index is 11.7. The number of carboxylic acids is 1. The van der Waals surface area contributed by atoms with Crippen LogP contribution in [0.3, 0.4) is 0 Å². The van der Waals surface area contributed by atoms with Crippen LogP contribution in [0.1, 0.15) is 81.5 Å². The summed E-state index contributed by atoms with van der Waals surface area (Å²) in [4.78, 5) is 22.6. The normalized spacial score (nSPS) is 10.5. The minimum absolute atomic E-state index is 0.266. The zero-order valence-electron chi connectivity index (χ0n) is 15.6. The average molecular weight is 365 g/mol. The summed E-state index contributed by atoms with van der Waals surface area (Å²) in [6.45, 7) is 2.56. The Kier molecular flexibility index (Phi) is 10.9. The van der Waals surface area contributed by atoms with Crippen LogP contribution in [0.4, 0.5) is 10.5 Å². The van der Waals surface area contributed by atoms with Crippen LogP contribution in [0.2, 0.25) is 0 Å². The van der Waals surface area contributed by atoms with E-state index in [1.807, 2.05) is 0 Å². The van der Waals surface area contributed by atoms with Crippen molar-refractivity contribution in [1.82, 2.24) is 0 Å². The fourth-order valence-corrected chi connectivity index (χ4v) is 2.69. The van der Waals surface area contributed by atoms with Crippen molar-refractivity contribution >= 4 is 17.7 Å². The van der Waals surface area contributed by atoms with Gasteiger partial charge in [-0.05, 0) is 24.6 Å². The molecule has 1 aromatic rings. The van der Waals surface area contributed by atoms with Crippen LogP contribution in [0.5, 0.6) is 5.75 Å². The van der Waals surface area contributed by atoms with Gasteiger partial charge < -0.3 is 14.9 Å². The van der Waals surface area contributed by atoms with Gasteiger partial charge >= 0.3 is 12.1 Å². The minimum Gasteiger partial charge on any atom is -0.507 e. The number of carbonyl (C=O) groups excluding carboxylic acids is 1. The van der Waals surface area contributed by atoms with Crippen molar-refractivity contribution in [3.63, 3.8) is 0 Å². The molecule has 3 N–H and O–H groups in total. The second-order valence-corrected chi connectivity index (χ2v) is 6.48. The number of benzene rings is 1. The van der Waals surface area contributed by atoms with Gasteiger partial charge in [0, 0.05) is 5.69 Å². The number of amides is 1. The first kappa shape index (κ1) is 21.8. The number of anilines is 1. The number of ether oxygens (including phenoxy) is 1. The van der Waals surface area contributed by atoms with Crippen molar-refractivity contribution in [3.8, 4) is 5.75 Å². The second kappa shape index (κ2) is 13.0. The SMILES string of the molecule is CCCCCCCCCCCCOC(=O)Nc1ccc(O)c(C(=O)O)c1. The summed E-state index contributed by atoms with van der Waals surface area (Å²) in [7, 11) is 0. The minimum atomic E-state index is -1.26. The van der Waals surface area contributed by atoms with Crippen molar-refractivity contribution < 1.29 is 24.5 Å². The smallest absolute Gasteiger partial charge is 0.411 e. The third-order valence-corrected chi connectivity index (χ3v) is 4.20. The Morgan fingerprint density at radius 2 is 1.54 bits per heavy atom. The third kappa shape index (κ3) is 9.30. The summed E-state index contributed by atoms with van der Waals surface area (Å²) in [6, 6.07) is 3.84. The maximum absolute atomic E-state index is 11.7. The number of unbranched alkanes of at least 4 members (excludes halogenated alkanes) is 9. The van der Waals surface area contributed by atoms with Crippen molar-refractivity contribution in [2.75, 3.05) is 11.9 Å². The van der Waals surface area contributed by atoms with Crippen LogP contribution in [-0.2, 0) is 4.74 Å². The molecule has 1 amide bonds. The van der Waals surface area contributed by atoms with E-state index in [2.05, 4.69) is 12.2 Å². The van der Waals surface area contributed by atoms with Crippen molar-refractivity contribution in [3.05, 3.63) is 23.8 Å². The molecule has 0 radical (unpaired) electrons. The lowest BCUT2D eigenvalue weighted by Crippen LogP contribution is -2.14. The molecule has 6 nitrogen and oxygen atoms in total. The van der Waals surface area contributed by atoms with Crippen LogP contribution >= 0.6 is 0 Å². The van der Waals surface area contributed by atoms with Gasteiger partial charge in [-0.1, -0.05) is 64.7 Å². The van der Waals surface area contributed by atoms with Crippen LogP contribution in [0, 0.1) is 0 Å². The predicted octanol–water partition coefficient (Wildman–Crippen LogP) is 5.56. The van der Waals surface area contributed by atoms with Crippen molar-refractivity contribution in [2.45, 2.75) is 71.1 Å². The van der Waals surface area contributed by atoms with E-state index in [0.717, 1.165) is 19.3 Å². The maximum Gasteiger partial charge on any atom is 0.411 e. The molecule has 1 aromatic carbocycles. The highest BCUT2D eigenvalue weighted by molar-refractivity contribution is 5.93. The Hall–Kier alpha value is -2.24. The molecule has 6 heteroatoms. The number of hydrogen-bond donors (Lipinski definition) is 3. The van der Waals surface area contributed by atoms with Gasteiger partial charge in [-0.2, -0.15) is 0 Å². The highest BCUT2D eigenvalue weighted by Crippen LogP contribution is 2.21. The molecule has 0 saturated heterocycles. The topological polar surface area (TPSA) is 95.9 Å². The number of nitrogens with one attached hydrogen (secondary N) is 1. The largest absolute Gasteiger partial charge is 0.507 e. The van der Waals surface area contributed by atoms with Gasteiger partial charge in [-0.25, -0.2) is 9.59 Å². The standard InChI is InChI=1S/C20H31NO5/c1-2-3-4-5-6-7-8-9-10-11-14-26-20(25)21-16-12-13-18(22)17(15-16)19(23)24/h12-13,15,22H,2-11,14H2,1H3,(H,21,25)(H,23,24). The number of phenols is 1. The Morgan fingerprint density at radius 3 is 2.12 bits per heavy atom. The molecule has 1 rings (SSSR count). The first-order valence-corrected chi connectivity index (χ1v) is 9.54. The Labute approximate surface area is 155 Å². The third-order valence-electron chi connectivity index (χ3n) is 4.20. The van der Waals surface area contributed by atoms with Gasteiger partial charge in [0.2, 0.25) is 0 Å². The summed E-state index contributed by atoms with van der Waals surface area (Å²) in [5.74, 6) is -1.60.